The van der Waals surface area contributed by atoms with Gasteiger partial charge in [-0.05, 0) is 37.6 Å². The Labute approximate surface area is 155 Å². The lowest BCUT2D eigenvalue weighted by atomic mass is 10.0. The normalized spacial score (nSPS) is 22.0. The van der Waals surface area contributed by atoms with E-state index in [0.29, 0.717) is 37.8 Å². The van der Waals surface area contributed by atoms with Gasteiger partial charge in [-0.1, -0.05) is 12.5 Å². The Morgan fingerprint density at radius 2 is 2.12 bits per heavy atom. The van der Waals surface area contributed by atoms with Crippen LogP contribution in [0, 0.1) is 0 Å². The summed E-state index contributed by atoms with van der Waals surface area (Å²) in [5.74, 6) is -0.295. The highest BCUT2D eigenvalue weighted by Gasteiger charge is 2.35. The first-order valence-corrected chi connectivity index (χ1v) is 10.6. The van der Waals surface area contributed by atoms with Crippen LogP contribution >= 0.6 is 0 Å². The standard InChI is InChI=1S/C18H27N3O4S/c1-25-12-8-19-18(22)15-5-4-7-17(13-15)26(23,24)21-11-10-20-9-3-2-6-16(20)14-21/h4-5,7,13,16H,2-3,6,8-12,14H2,1H3,(H,19,22)/t16-/m1/s1. The maximum absolute atomic E-state index is 13.1. The van der Waals surface area contributed by atoms with Crippen molar-refractivity contribution in [3.63, 3.8) is 0 Å². The molecule has 1 amide bonds. The molecule has 1 N–H and O–H groups in total. The summed E-state index contributed by atoms with van der Waals surface area (Å²) in [6.45, 7) is 3.68. The number of carbonyl (C=O) groups is 1. The molecule has 1 atom stereocenters. The summed E-state index contributed by atoms with van der Waals surface area (Å²) in [5.41, 5.74) is 0.346. The number of piperidine rings is 1. The Morgan fingerprint density at radius 1 is 1.27 bits per heavy atom. The Balaban J connectivity index is 1.73. The fraction of sp³-hybridized carbons (Fsp3) is 0.611. The average Bonchev–Trinajstić information content (AvgIpc) is 2.67. The minimum atomic E-state index is -3.59. The van der Waals surface area contributed by atoms with Crippen molar-refractivity contribution in [1.82, 2.24) is 14.5 Å². The van der Waals surface area contributed by atoms with Crippen molar-refractivity contribution in [1.29, 1.82) is 0 Å². The second-order valence-corrected chi connectivity index (χ2v) is 8.76. The molecule has 2 aliphatic rings. The fourth-order valence-corrected chi connectivity index (χ4v) is 5.18. The Morgan fingerprint density at radius 3 is 2.92 bits per heavy atom. The second kappa shape index (κ2) is 8.47. The molecule has 0 radical (unpaired) electrons. The monoisotopic (exact) mass is 381 g/mol. The molecule has 0 unspecified atom stereocenters. The van der Waals surface area contributed by atoms with Crippen LogP contribution in [-0.4, -0.2) is 76.0 Å². The van der Waals surface area contributed by atoms with Crippen molar-refractivity contribution in [2.45, 2.75) is 30.2 Å². The zero-order valence-corrected chi connectivity index (χ0v) is 16.0. The van der Waals surface area contributed by atoms with Gasteiger partial charge in [-0.3, -0.25) is 9.69 Å². The highest BCUT2D eigenvalue weighted by atomic mass is 32.2. The number of sulfonamides is 1. The van der Waals surface area contributed by atoms with E-state index in [4.69, 9.17) is 4.74 Å². The number of nitrogens with zero attached hydrogens (tertiary/aromatic N) is 2. The molecule has 26 heavy (non-hydrogen) atoms. The molecule has 0 aromatic heterocycles. The first-order chi connectivity index (χ1) is 12.5. The number of nitrogens with one attached hydrogen (secondary N) is 1. The number of methoxy groups -OCH3 is 1. The number of carbonyl (C=O) groups excluding carboxylic acids is 1. The summed E-state index contributed by atoms with van der Waals surface area (Å²) in [6.07, 6.45) is 3.41. The molecule has 7 nitrogen and oxygen atoms in total. The zero-order chi connectivity index (χ0) is 18.6. The number of hydrogen-bond acceptors (Lipinski definition) is 5. The minimum Gasteiger partial charge on any atom is -0.383 e. The predicted molar refractivity (Wildman–Crippen MR) is 98.6 cm³/mol. The first kappa shape index (κ1) is 19.3. The lowest BCUT2D eigenvalue weighted by Crippen LogP contribution is -2.56. The molecule has 2 aliphatic heterocycles. The molecule has 2 saturated heterocycles. The van der Waals surface area contributed by atoms with Gasteiger partial charge in [0.2, 0.25) is 10.0 Å². The number of piperazine rings is 1. The van der Waals surface area contributed by atoms with Crippen molar-refractivity contribution in [3.8, 4) is 0 Å². The van der Waals surface area contributed by atoms with Crippen LogP contribution in [0.15, 0.2) is 29.2 Å². The van der Waals surface area contributed by atoms with Crippen LogP contribution in [-0.2, 0) is 14.8 Å². The predicted octanol–water partition coefficient (Wildman–Crippen LogP) is 0.922. The van der Waals surface area contributed by atoms with Crippen LogP contribution in [0.2, 0.25) is 0 Å². The number of ether oxygens (including phenoxy) is 1. The van der Waals surface area contributed by atoms with Crippen LogP contribution in [0.25, 0.3) is 0 Å². The van der Waals surface area contributed by atoms with Crippen molar-refractivity contribution < 1.29 is 17.9 Å². The first-order valence-electron chi connectivity index (χ1n) is 9.14. The SMILES string of the molecule is COCCNC(=O)c1cccc(S(=O)(=O)N2CCN3CCCC[C@@H]3C2)c1. The van der Waals surface area contributed by atoms with E-state index in [-0.39, 0.29) is 10.8 Å². The molecule has 8 heteroatoms. The minimum absolute atomic E-state index is 0.182. The van der Waals surface area contributed by atoms with E-state index in [1.807, 2.05) is 0 Å². The smallest absolute Gasteiger partial charge is 0.251 e. The zero-order valence-electron chi connectivity index (χ0n) is 15.2. The molecule has 3 rings (SSSR count). The molecule has 0 spiro atoms. The van der Waals surface area contributed by atoms with Crippen LogP contribution < -0.4 is 5.32 Å². The van der Waals surface area contributed by atoms with Crippen molar-refractivity contribution >= 4 is 15.9 Å². The van der Waals surface area contributed by atoms with E-state index in [1.165, 1.54) is 12.5 Å². The molecule has 0 bridgehead atoms. The Bertz CT molecular complexity index is 738. The van der Waals surface area contributed by atoms with E-state index in [1.54, 1.807) is 29.6 Å². The van der Waals surface area contributed by atoms with Gasteiger partial charge in [-0.2, -0.15) is 4.31 Å². The quantitative estimate of drug-likeness (QED) is 0.742. The molecule has 2 fully saturated rings. The van der Waals surface area contributed by atoms with Gasteiger partial charge in [0.25, 0.3) is 5.91 Å². The largest absolute Gasteiger partial charge is 0.383 e. The van der Waals surface area contributed by atoms with E-state index in [2.05, 4.69) is 10.2 Å². The van der Waals surface area contributed by atoms with Gasteiger partial charge in [-0.15, -0.1) is 0 Å². The summed E-state index contributed by atoms with van der Waals surface area (Å²) < 4.78 is 32.6. The van der Waals surface area contributed by atoms with Crippen molar-refractivity contribution in [2.75, 3.05) is 46.4 Å². The maximum atomic E-state index is 13.1. The van der Waals surface area contributed by atoms with E-state index in [9.17, 15) is 13.2 Å². The van der Waals surface area contributed by atoms with E-state index >= 15 is 0 Å². The van der Waals surface area contributed by atoms with Crippen LogP contribution in [0.3, 0.4) is 0 Å². The van der Waals surface area contributed by atoms with E-state index < -0.39 is 10.0 Å². The Hall–Kier alpha value is -1.48. The summed E-state index contributed by atoms with van der Waals surface area (Å²) in [4.78, 5) is 14.8. The number of rotatable bonds is 6. The number of benzene rings is 1. The van der Waals surface area contributed by atoms with Gasteiger partial charge >= 0.3 is 0 Å². The van der Waals surface area contributed by atoms with Crippen molar-refractivity contribution in [3.05, 3.63) is 29.8 Å². The number of amides is 1. The Kier molecular flexibility index (Phi) is 6.29. The van der Waals surface area contributed by atoms with Gasteiger partial charge in [0.1, 0.15) is 0 Å². The maximum Gasteiger partial charge on any atom is 0.251 e. The van der Waals surface area contributed by atoms with Crippen LogP contribution in [0.1, 0.15) is 29.6 Å². The van der Waals surface area contributed by atoms with Gasteiger partial charge in [0.05, 0.1) is 11.5 Å². The third-order valence-electron chi connectivity index (χ3n) is 5.13. The molecular formula is C18H27N3O4S. The molecule has 1 aromatic carbocycles. The summed E-state index contributed by atoms with van der Waals surface area (Å²) in [5, 5.41) is 2.72. The average molecular weight is 381 g/mol. The summed E-state index contributed by atoms with van der Waals surface area (Å²) in [7, 11) is -2.03. The highest BCUT2D eigenvalue weighted by molar-refractivity contribution is 7.89. The number of fused-ring (bicyclic) bond motifs is 1. The molecule has 0 saturated carbocycles. The number of hydrogen-bond donors (Lipinski definition) is 1. The van der Waals surface area contributed by atoms with E-state index in [0.717, 1.165) is 25.9 Å². The lowest BCUT2D eigenvalue weighted by molar-refractivity contribution is 0.0851. The molecular weight excluding hydrogens is 354 g/mol. The molecule has 0 aliphatic carbocycles. The molecule has 1 aromatic rings. The molecule has 144 valence electrons. The van der Waals surface area contributed by atoms with Crippen molar-refractivity contribution in [2.24, 2.45) is 0 Å². The fourth-order valence-electron chi connectivity index (χ4n) is 3.66. The summed E-state index contributed by atoms with van der Waals surface area (Å²) in [6, 6.07) is 6.59. The van der Waals surface area contributed by atoms with Crippen LogP contribution in [0.5, 0.6) is 0 Å². The topological polar surface area (TPSA) is 78.9 Å². The third kappa shape index (κ3) is 4.25. The van der Waals surface area contributed by atoms with Gasteiger partial charge in [0, 0.05) is 44.9 Å². The highest BCUT2D eigenvalue weighted by Crippen LogP contribution is 2.25. The second-order valence-electron chi connectivity index (χ2n) is 6.83. The third-order valence-corrected chi connectivity index (χ3v) is 6.99. The molecule has 2 heterocycles. The van der Waals surface area contributed by atoms with Gasteiger partial charge < -0.3 is 10.1 Å². The van der Waals surface area contributed by atoms with Gasteiger partial charge in [0.15, 0.2) is 0 Å². The van der Waals surface area contributed by atoms with Crippen LogP contribution in [0.4, 0.5) is 0 Å². The lowest BCUT2D eigenvalue weighted by Gasteiger charge is -2.43. The van der Waals surface area contributed by atoms with Gasteiger partial charge in [-0.25, -0.2) is 8.42 Å². The summed E-state index contributed by atoms with van der Waals surface area (Å²) >= 11 is 0.